The van der Waals surface area contributed by atoms with Crippen LogP contribution in [0.3, 0.4) is 0 Å². The van der Waals surface area contributed by atoms with E-state index in [1.54, 1.807) is 17.5 Å². The predicted molar refractivity (Wildman–Crippen MR) is 95.5 cm³/mol. The van der Waals surface area contributed by atoms with Gasteiger partial charge in [0, 0.05) is 43.5 Å². The van der Waals surface area contributed by atoms with E-state index in [0.717, 1.165) is 37.5 Å². The third kappa shape index (κ3) is 4.39. The van der Waals surface area contributed by atoms with E-state index >= 15 is 0 Å². The first kappa shape index (κ1) is 17.0. The molecule has 1 fully saturated rings. The van der Waals surface area contributed by atoms with Gasteiger partial charge in [-0.3, -0.25) is 14.7 Å². The van der Waals surface area contributed by atoms with E-state index in [2.05, 4.69) is 26.3 Å². The van der Waals surface area contributed by atoms with Gasteiger partial charge in [0.05, 0.1) is 6.04 Å². The number of pyridine rings is 1. The summed E-state index contributed by atoms with van der Waals surface area (Å²) in [4.78, 5) is 23.1. The fourth-order valence-corrected chi connectivity index (χ4v) is 4.08. The zero-order chi connectivity index (χ0) is 16.8. The first-order valence-electron chi connectivity index (χ1n) is 8.56. The topological polar surface area (TPSA) is 58.1 Å². The number of nitrogens with zero attached hydrogens (tertiary/aromatic N) is 3. The van der Waals surface area contributed by atoms with Crippen LogP contribution >= 0.6 is 11.3 Å². The second-order valence-electron chi connectivity index (χ2n) is 6.27. The average molecular weight is 344 g/mol. The molecule has 5 nitrogen and oxygen atoms in total. The number of thiazole rings is 1. The molecule has 6 heteroatoms. The minimum absolute atomic E-state index is 0.0224. The number of piperidine rings is 1. The van der Waals surface area contributed by atoms with Crippen LogP contribution in [-0.4, -0.2) is 33.9 Å². The third-order valence-corrected chi connectivity index (χ3v) is 5.36. The van der Waals surface area contributed by atoms with Crippen LogP contribution in [0, 0.1) is 5.92 Å². The van der Waals surface area contributed by atoms with Crippen LogP contribution in [0.4, 0.5) is 0 Å². The number of carbonyl (C=O) groups excluding carboxylic acids is 1. The summed E-state index contributed by atoms with van der Waals surface area (Å²) in [5.41, 5.74) is 1.24. The summed E-state index contributed by atoms with van der Waals surface area (Å²) in [5, 5.41) is 6.19. The van der Waals surface area contributed by atoms with Gasteiger partial charge in [-0.05, 0) is 36.9 Å². The SMILES string of the molecule is CCC(=O)N[C@H](c1nccs1)[C@@H]1CCCN(Cc2cccnc2)C1. The molecule has 2 atom stereocenters. The number of hydrogen-bond acceptors (Lipinski definition) is 5. The van der Waals surface area contributed by atoms with Crippen LogP contribution in [-0.2, 0) is 11.3 Å². The molecule has 3 rings (SSSR count). The van der Waals surface area contributed by atoms with Crippen molar-refractivity contribution in [3.8, 4) is 0 Å². The first-order chi connectivity index (χ1) is 11.8. The molecule has 1 aliphatic heterocycles. The standard InChI is InChI=1S/C18H24N4OS/c1-2-16(23)21-17(18-20-8-10-24-18)15-6-4-9-22(13-15)12-14-5-3-7-19-11-14/h3,5,7-8,10-11,15,17H,2,4,6,9,12-13H2,1H3,(H,21,23)/t15-,17+/m1/s1. The second-order valence-corrected chi connectivity index (χ2v) is 7.19. The Balaban J connectivity index is 1.69. The number of aromatic nitrogens is 2. The smallest absolute Gasteiger partial charge is 0.220 e. The molecule has 0 bridgehead atoms. The third-order valence-electron chi connectivity index (χ3n) is 4.50. The Kier molecular flexibility index (Phi) is 5.93. The van der Waals surface area contributed by atoms with E-state index in [4.69, 9.17) is 0 Å². The summed E-state index contributed by atoms with van der Waals surface area (Å²) in [6.45, 7) is 4.88. The highest BCUT2D eigenvalue weighted by atomic mass is 32.1. The lowest BCUT2D eigenvalue weighted by Gasteiger charge is -2.36. The highest BCUT2D eigenvalue weighted by Crippen LogP contribution is 2.31. The van der Waals surface area contributed by atoms with Gasteiger partial charge in [0.25, 0.3) is 0 Å². The van der Waals surface area contributed by atoms with E-state index in [1.165, 1.54) is 5.56 Å². The Hall–Kier alpha value is -1.79. The van der Waals surface area contributed by atoms with Crippen molar-refractivity contribution in [2.75, 3.05) is 13.1 Å². The minimum Gasteiger partial charge on any atom is -0.347 e. The summed E-state index contributed by atoms with van der Waals surface area (Å²) in [6.07, 6.45) is 8.34. The highest BCUT2D eigenvalue weighted by molar-refractivity contribution is 7.09. The maximum atomic E-state index is 12.0. The molecule has 0 aliphatic carbocycles. The van der Waals surface area contributed by atoms with Gasteiger partial charge in [-0.25, -0.2) is 4.98 Å². The number of likely N-dealkylation sites (tertiary alicyclic amines) is 1. The van der Waals surface area contributed by atoms with Crippen LogP contribution in [0.1, 0.15) is 42.8 Å². The quantitative estimate of drug-likeness (QED) is 0.875. The second kappa shape index (κ2) is 8.35. The molecule has 1 aliphatic rings. The molecule has 2 aromatic rings. The van der Waals surface area contributed by atoms with Crippen molar-refractivity contribution in [3.63, 3.8) is 0 Å². The van der Waals surface area contributed by atoms with E-state index in [0.29, 0.717) is 12.3 Å². The van der Waals surface area contributed by atoms with Crippen LogP contribution in [0.5, 0.6) is 0 Å². The largest absolute Gasteiger partial charge is 0.347 e. The molecule has 1 amide bonds. The Labute approximate surface area is 147 Å². The van der Waals surface area contributed by atoms with Gasteiger partial charge in [0.15, 0.2) is 0 Å². The zero-order valence-electron chi connectivity index (χ0n) is 14.0. The Morgan fingerprint density at radius 3 is 3.12 bits per heavy atom. The molecule has 0 spiro atoms. The maximum Gasteiger partial charge on any atom is 0.220 e. The van der Waals surface area contributed by atoms with E-state index in [9.17, 15) is 4.79 Å². The molecule has 0 radical (unpaired) electrons. The van der Waals surface area contributed by atoms with Gasteiger partial charge in [-0.15, -0.1) is 11.3 Å². The van der Waals surface area contributed by atoms with Gasteiger partial charge >= 0.3 is 0 Å². The summed E-state index contributed by atoms with van der Waals surface area (Å²) >= 11 is 1.63. The minimum atomic E-state index is 0.0224. The van der Waals surface area contributed by atoms with Crippen molar-refractivity contribution in [2.45, 2.75) is 38.8 Å². The van der Waals surface area contributed by atoms with E-state index in [-0.39, 0.29) is 11.9 Å². The van der Waals surface area contributed by atoms with Gasteiger partial charge in [-0.1, -0.05) is 13.0 Å². The maximum absolute atomic E-state index is 12.0. The number of hydrogen-bond donors (Lipinski definition) is 1. The van der Waals surface area contributed by atoms with Crippen molar-refractivity contribution in [3.05, 3.63) is 46.7 Å². The molecule has 2 aromatic heterocycles. The fourth-order valence-electron chi connectivity index (χ4n) is 3.30. The van der Waals surface area contributed by atoms with Crippen LogP contribution in [0.25, 0.3) is 0 Å². The van der Waals surface area contributed by atoms with Crippen LogP contribution < -0.4 is 5.32 Å². The summed E-state index contributed by atoms with van der Waals surface area (Å²) < 4.78 is 0. The molecular formula is C18H24N4OS. The van der Waals surface area contributed by atoms with Gasteiger partial charge in [0.2, 0.25) is 5.91 Å². The van der Waals surface area contributed by atoms with Gasteiger partial charge < -0.3 is 5.32 Å². The lowest BCUT2D eigenvalue weighted by atomic mass is 9.90. The monoisotopic (exact) mass is 344 g/mol. The Morgan fingerprint density at radius 2 is 2.42 bits per heavy atom. The van der Waals surface area contributed by atoms with Crippen LogP contribution in [0.2, 0.25) is 0 Å². The van der Waals surface area contributed by atoms with Crippen molar-refractivity contribution in [2.24, 2.45) is 5.92 Å². The van der Waals surface area contributed by atoms with E-state index in [1.807, 2.05) is 30.8 Å². The highest BCUT2D eigenvalue weighted by Gasteiger charge is 2.30. The zero-order valence-corrected chi connectivity index (χ0v) is 14.8. The molecular weight excluding hydrogens is 320 g/mol. The molecule has 1 saturated heterocycles. The lowest BCUT2D eigenvalue weighted by Crippen LogP contribution is -2.42. The molecule has 24 heavy (non-hydrogen) atoms. The van der Waals surface area contributed by atoms with Crippen molar-refractivity contribution in [1.82, 2.24) is 20.2 Å². The Bertz CT molecular complexity index is 632. The number of nitrogens with one attached hydrogen (secondary N) is 1. The molecule has 0 unspecified atom stereocenters. The number of amides is 1. The van der Waals surface area contributed by atoms with Crippen molar-refractivity contribution < 1.29 is 4.79 Å². The summed E-state index contributed by atoms with van der Waals surface area (Å²) in [7, 11) is 0. The predicted octanol–water partition coefficient (Wildman–Crippen LogP) is 3.02. The summed E-state index contributed by atoms with van der Waals surface area (Å²) in [6, 6.07) is 4.12. The lowest BCUT2D eigenvalue weighted by molar-refractivity contribution is -0.122. The van der Waals surface area contributed by atoms with Crippen molar-refractivity contribution >= 4 is 17.2 Å². The van der Waals surface area contributed by atoms with Gasteiger partial charge in [-0.2, -0.15) is 0 Å². The fraction of sp³-hybridized carbons (Fsp3) is 0.500. The molecule has 1 N–H and O–H groups in total. The molecule has 0 aromatic carbocycles. The van der Waals surface area contributed by atoms with Crippen molar-refractivity contribution in [1.29, 1.82) is 0 Å². The van der Waals surface area contributed by atoms with Gasteiger partial charge in [0.1, 0.15) is 5.01 Å². The first-order valence-corrected chi connectivity index (χ1v) is 9.44. The van der Waals surface area contributed by atoms with E-state index < -0.39 is 0 Å². The average Bonchev–Trinajstić information content (AvgIpc) is 3.15. The summed E-state index contributed by atoms with van der Waals surface area (Å²) in [5.74, 6) is 0.497. The molecule has 0 saturated carbocycles. The number of rotatable bonds is 6. The number of carbonyl (C=O) groups is 1. The Morgan fingerprint density at radius 1 is 1.50 bits per heavy atom. The van der Waals surface area contributed by atoms with Crippen LogP contribution in [0.15, 0.2) is 36.1 Å². The molecule has 3 heterocycles. The molecule has 128 valence electrons. The normalized spacial score (nSPS) is 19.8.